The van der Waals surface area contributed by atoms with Gasteiger partial charge in [0, 0.05) is 0 Å². The van der Waals surface area contributed by atoms with Gasteiger partial charge < -0.3 is 37.5 Å². The maximum Gasteiger partial charge on any atom is 0.573 e. The van der Waals surface area contributed by atoms with E-state index in [1.165, 1.54) is 60.9 Å². The van der Waals surface area contributed by atoms with Crippen LogP contribution in [0.4, 0.5) is 26.3 Å². The van der Waals surface area contributed by atoms with Crippen LogP contribution in [0, 0.1) is 0 Å². The molecule has 0 saturated heterocycles. The molecule has 2 aliphatic heterocycles. The lowest BCUT2D eigenvalue weighted by Crippen LogP contribution is -2.17. The van der Waals surface area contributed by atoms with Crippen LogP contribution in [-0.2, 0) is 28.9 Å². The maximum atomic E-state index is 12.2. The Balaban J connectivity index is 0.000000208. The highest BCUT2D eigenvalue weighted by molar-refractivity contribution is 5.80. The van der Waals surface area contributed by atoms with E-state index in [9.17, 15) is 26.3 Å². The molecule has 0 spiro atoms. The third kappa shape index (κ3) is 14.0. The zero-order valence-corrected chi connectivity index (χ0v) is 31.1. The van der Waals surface area contributed by atoms with E-state index in [2.05, 4.69) is 29.8 Å². The molecule has 62 heavy (non-hydrogen) atoms. The molecule has 4 aromatic heterocycles. The predicted molar refractivity (Wildman–Crippen MR) is 193 cm³/mol. The summed E-state index contributed by atoms with van der Waals surface area (Å²) in [6.45, 7) is 0. The van der Waals surface area contributed by atoms with E-state index in [0.29, 0.717) is 70.2 Å². The first-order valence-corrected chi connectivity index (χ1v) is 17.3. The Labute approximate surface area is 343 Å². The van der Waals surface area contributed by atoms with Crippen LogP contribution in [0.15, 0.2) is 141 Å². The second-order valence-corrected chi connectivity index (χ2v) is 11.9. The second kappa shape index (κ2) is 21.2. The molecule has 0 bridgehead atoms. The molecule has 2 atom stereocenters. The largest absolute Gasteiger partial charge is 0.573 e. The van der Waals surface area contributed by atoms with Crippen LogP contribution in [0.25, 0.3) is 22.9 Å². The Kier molecular flexibility index (Phi) is 15.3. The number of hydrogen-bond acceptors (Lipinski definition) is 16. The number of oxime groups is 2. The molecule has 22 heteroatoms. The van der Waals surface area contributed by atoms with Crippen LogP contribution < -0.4 is 18.9 Å². The first-order chi connectivity index (χ1) is 29.7. The number of halogens is 6. The van der Waals surface area contributed by atoms with Gasteiger partial charge in [0.15, 0.2) is 23.7 Å². The third-order valence-corrected chi connectivity index (χ3v) is 7.75. The van der Waals surface area contributed by atoms with Crippen molar-refractivity contribution in [2.75, 3.05) is 0 Å². The molecule has 2 aliphatic rings. The highest BCUT2D eigenvalue weighted by Crippen LogP contribution is 2.33. The van der Waals surface area contributed by atoms with Crippen LogP contribution in [-0.4, -0.2) is 46.8 Å². The van der Waals surface area contributed by atoms with Crippen molar-refractivity contribution in [3.63, 3.8) is 0 Å². The fraction of sp³-hybridized carbons (Fsp3) is 0.150. The number of furan rings is 2. The van der Waals surface area contributed by atoms with Gasteiger partial charge >= 0.3 is 25.0 Å². The average molecular weight is 869 g/mol. The van der Waals surface area contributed by atoms with Crippen molar-refractivity contribution in [1.29, 1.82) is 0 Å². The highest BCUT2D eigenvalue weighted by Gasteiger charge is 2.33. The summed E-state index contributed by atoms with van der Waals surface area (Å²) in [6, 6.07) is 25.0. The number of pyridine rings is 2. The second-order valence-electron chi connectivity index (χ2n) is 11.9. The summed E-state index contributed by atoms with van der Waals surface area (Å²) in [5.41, 5.74) is 2.65. The molecular formula is C40H26F6N4O12. The molecule has 2 aromatic carbocycles. The summed E-state index contributed by atoms with van der Waals surface area (Å²) in [5.74, 6) is 2.33. The summed E-state index contributed by atoms with van der Waals surface area (Å²) >= 11 is 0. The van der Waals surface area contributed by atoms with Gasteiger partial charge in [0.05, 0.1) is 37.8 Å². The van der Waals surface area contributed by atoms with Crippen LogP contribution in [0.1, 0.15) is 36.2 Å². The van der Waals surface area contributed by atoms with Crippen molar-refractivity contribution in [3.05, 3.63) is 133 Å². The molecule has 0 saturated carbocycles. The van der Waals surface area contributed by atoms with Gasteiger partial charge in [0.25, 0.3) is 0 Å². The molecule has 6 aromatic rings. The van der Waals surface area contributed by atoms with E-state index < -0.39 is 24.9 Å². The van der Waals surface area contributed by atoms with Gasteiger partial charge in [-0.05, 0) is 83.9 Å². The van der Waals surface area contributed by atoms with Crippen molar-refractivity contribution < 1.29 is 83.0 Å². The van der Waals surface area contributed by atoms with Gasteiger partial charge in [-0.25, -0.2) is 9.97 Å². The van der Waals surface area contributed by atoms with E-state index >= 15 is 0 Å². The number of benzene rings is 2. The lowest BCUT2D eigenvalue weighted by atomic mass is 10.1. The van der Waals surface area contributed by atoms with Crippen molar-refractivity contribution in [3.8, 4) is 45.9 Å². The van der Waals surface area contributed by atoms with E-state index in [1.54, 1.807) is 61.1 Å². The SMILES string of the molecule is FC(F)(F)Oc1ccc([C@@H]2CC(Oc3ccc(-c4ccco4)nc3)=NO2)cc1.FC(F)(F)Oc1ccc([C@H]2CC(Oc3ccc(-c4ccco4)nc3)=NO2)cc1.O=C=O.O=C=O. The number of rotatable bonds is 8. The van der Waals surface area contributed by atoms with Crippen LogP contribution >= 0.6 is 0 Å². The Bertz CT molecular complexity index is 2260. The third-order valence-electron chi connectivity index (χ3n) is 7.75. The van der Waals surface area contributed by atoms with Gasteiger partial charge in [-0.3, -0.25) is 0 Å². The molecule has 0 amide bonds. The van der Waals surface area contributed by atoms with Crippen molar-refractivity contribution in [2.45, 2.75) is 37.8 Å². The van der Waals surface area contributed by atoms with Gasteiger partial charge in [0.1, 0.15) is 34.4 Å². The first kappa shape index (κ1) is 44.9. The molecule has 8 rings (SSSR count). The summed E-state index contributed by atoms with van der Waals surface area (Å²) in [5, 5.41) is 7.76. The molecule has 0 unspecified atom stereocenters. The van der Waals surface area contributed by atoms with E-state index in [4.69, 9.17) is 47.2 Å². The molecule has 320 valence electrons. The normalized spacial score (nSPS) is 15.1. The van der Waals surface area contributed by atoms with Gasteiger partial charge in [-0.15, -0.1) is 26.3 Å². The fourth-order valence-corrected chi connectivity index (χ4v) is 5.25. The smallest absolute Gasteiger partial charge is 0.463 e. The van der Waals surface area contributed by atoms with Crippen molar-refractivity contribution in [2.24, 2.45) is 10.3 Å². The highest BCUT2D eigenvalue weighted by atomic mass is 19.4. The molecule has 6 heterocycles. The van der Waals surface area contributed by atoms with Gasteiger partial charge in [-0.1, -0.05) is 34.6 Å². The minimum atomic E-state index is -4.73. The number of aromatic nitrogens is 2. The Hall–Kier alpha value is -8.22. The fourth-order valence-electron chi connectivity index (χ4n) is 5.25. The van der Waals surface area contributed by atoms with E-state index in [-0.39, 0.29) is 23.8 Å². The van der Waals surface area contributed by atoms with Gasteiger partial charge in [0.2, 0.25) is 11.8 Å². The minimum absolute atomic E-state index is 0.250. The van der Waals surface area contributed by atoms with Gasteiger partial charge in [-0.2, -0.15) is 19.2 Å². The standard InChI is InChI=1S/2C19H13F3N2O4.2CO2/c2*20-19(21,22)27-13-5-3-12(4-6-13)17-10-18(24-28-17)26-14-7-8-15(23-11-14)16-2-1-9-25-16;2*2-1-3/h2*1-9,11,17H,10H2;;/t2*17-;;/m10../s1. The number of nitrogens with zero attached hydrogens (tertiary/aromatic N) is 4. The van der Waals surface area contributed by atoms with E-state index in [1.807, 2.05) is 0 Å². The van der Waals surface area contributed by atoms with Crippen molar-refractivity contribution in [1.82, 2.24) is 9.97 Å². The monoisotopic (exact) mass is 868 g/mol. The first-order valence-electron chi connectivity index (χ1n) is 17.3. The zero-order chi connectivity index (χ0) is 44.5. The maximum absolute atomic E-state index is 12.2. The quantitative estimate of drug-likeness (QED) is 0.131. The van der Waals surface area contributed by atoms with Crippen LogP contribution in [0.3, 0.4) is 0 Å². The molecule has 0 aliphatic carbocycles. The Morgan fingerprint density at radius 3 is 1.16 bits per heavy atom. The molecule has 16 nitrogen and oxygen atoms in total. The number of ether oxygens (including phenoxy) is 4. The summed E-state index contributed by atoms with van der Waals surface area (Å²) in [6.07, 6.45) is -2.99. The summed E-state index contributed by atoms with van der Waals surface area (Å²) < 4.78 is 103. The molecular weight excluding hydrogens is 842 g/mol. The van der Waals surface area contributed by atoms with E-state index in [0.717, 1.165) is 0 Å². The summed E-state index contributed by atoms with van der Waals surface area (Å²) in [7, 11) is 0. The average Bonchev–Trinajstić information content (AvgIpc) is 4.09. The van der Waals surface area contributed by atoms with Crippen molar-refractivity contribution >= 4 is 24.1 Å². The number of hydrogen-bond donors (Lipinski definition) is 0. The number of carbonyl (C=O) groups excluding carboxylic acids is 4. The molecule has 0 fully saturated rings. The molecule has 0 radical (unpaired) electrons. The molecule has 0 N–H and O–H groups in total. The Morgan fingerprint density at radius 2 is 0.871 bits per heavy atom. The van der Waals surface area contributed by atoms with Crippen LogP contribution in [0.5, 0.6) is 23.0 Å². The zero-order valence-electron chi connectivity index (χ0n) is 31.1. The van der Waals surface area contributed by atoms with Crippen LogP contribution in [0.2, 0.25) is 0 Å². The lowest BCUT2D eigenvalue weighted by Gasteiger charge is -2.11. The topological polar surface area (TPSA) is 200 Å². The number of alkyl halides is 6. The lowest BCUT2D eigenvalue weighted by molar-refractivity contribution is -0.275. The summed E-state index contributed by atoms with van der Waals surface area (Å²) in [4.78, 5) is 51.6. The predicted octanol–water partition coefficient (Wildman–Crippen LogP) is 9.02. The minimum Gasteiger partial charge on any atom is -0.463 e. The Morgan fingerprint density at radius 1 is 0.516 bits per heavy atom.